The van der Waals surface area contributed by atoms with Gasteiger partial charge in [0.2, 0.25) is 10.0 Å². The van der Waals surface area contributed by atoms with E-state index in [9.17, 15) is 12.8 Å². The molecular weight excluding hydrogens is 453 g/mol. The van der Waals surface area contributed by atoms with Crippen LogP contribution in [0.5, 0.6) is 0 Å². The van der Waals surface area contributed by atoms with Crippen molar-refractivity contribution >= 4 is 26.9 Å². The van der Waals surface area contributed by atoms with Crippen LogP contribution in [0.1, 0.15) is 56.6 Å². The minimum Gasteiger partial charge on any atom is -0.356 e. The second-order valence-corrected chi connectivity index (χ2v) is 11.5. The zero-order valence-electron chi connectivity index (χ0n) is 20.1. The molecule has 2 heterocycles. The van der Waals surface area contributed by atoms with Gasteiger partial charge in [0.05, 0.1) is 11.1 Å². The Hall–Kier alpha value is -2.52. The lowest BCUT2D eigenvalue weighted by atomic mass is 9.86. The summed E-state index contributed by atoms with van der Waals surface area (Å²) in [5, 5.41) is 0.995. The van der Waals surface area contributed by atoms with Gasteiger partial charge in [-0.05, 0) is 67.2 Å². The molecule has 1 aliphatic rings. The molecule has 0 atom stereocenters. The maximum atomic E-state index is 14.3. The molecule has 0 radical (unpaired) electrons. The number of rotatable bonds is 9. The van der Waals surface area contributed by atoms with Crippen LogP contribution >= 0.6 is 0 Å². The molecule has 2 aromatic heterocycles. The van der Waals surface area contributed by atoms with Crippen molar-refractivity contribution in [3.8, 4) is 0 Å². The summed E-state index contributed by atoms with van der Waals surface area (Å²) in [5.74, 6) is 1.13. The highest BCUT2D eigenvalue weighted by Gasteiger charge is 2.28. The fourth-order valence-electron chi connectivity index (χ4n) is 4.85. The molecule has 4 rings (SSSR count). The molecule has 7 nitrogen and oxygen atoms in total. The lowest BCUT2D eigenvalue weighted by molar-refractivity contribution is 0.340. The first-order valence-electron chi connectivity index (χ1n) is 12.0. The molecule has 9 heteroatoms. The van der Waals surface area contributed by atoms with Crippen LogP contribution in [0.4, 0.5) is 10.2 Å². The lowest BCUT2D eigenvalue weighted by Crippen LogP contribution is -2.38. The number of H-pyrrole nitrogens is 1. The number of halogens is 1. The van der Waals surface area contributed by atoms with E-state index in [1.165, 1.54) is 0 Å². The second kappa shape index (κ2) is 10.4. The quantitative estimate of drug-likeness (QED) is 0.468. The maximum absolute atomic E-state index is 14.3. The predicted molar refractivity (Wildman–Crippen MR) is 134 cm³/mol. The van der Waals surface area contributed by atoms with Gasteiger partial charge in [-0.2, -0.15) is 0 Å². The lowest BCUT2D eigenvalue weighted by Gasteiger charge is -2.35. The van der Waals surface area contributed by atoms with E-state index >= 15 is 0 Å². The Balaban J connectivity index is 1.26. The second-order valence-electron chi connectivity index (χ2n) is 9.65. The topological polar surface area (TPSA) is 91.0 Å². The summed E-state index contributed by atoms with van der Waals surface area (Å²) < 4.78 is 42.2. The average Bonchev–Trinajstić information content (AvgIpc) is 3.29. The van der Waals surface area contributed by atoms with Crippen LogP contribution in [-0.4, -0.2) is 48.8 Å². The average molecular weight is 488 g/mol. The van der Waals surface area contributed by atoms with Crippen molar-refractivity contribution in [2.75, 3.05) is 24.2 Å². The molecule has 1 fully saturated rings. The van der Waals surface area contributed by atoms with Crippen LogP contribution < -0.4 is 9.62 Å². The Morgan fingerprint density at radius 2 is 1.94 bits per heavy atom. The summed E-state index contributed by atoms with van der Waals surface area (Å²) in [7, 11) is -1.36. The summed E-state index contributed by atoms with van der Waals surface area (Å²) in [6.45, 7) is 4.24. The maximum Gasteiger partial charge on any atom is 0.211 e. The highest BCUT2D eigenvalue weighted by molar-refractivity contribution is 7.89. The Morgan fingerprint density at radius 1 is 1.18 bits per heavy atom. The van der Waals surface area contributed by atoms with Gasteiger partial charge in [-0.15, -0.1) is 0 Å². The molecule has 1 aliphatic carbocycles. The largest absolute Gasteiger partial charge is 0.356 e. The smallest absolute Gasteiger partial charge is 0.211 e. The molecule has 0 bridgehead atoms. The molecule has 3 aromatic rings. The number of aromatic nitrogens is 3. The van der Waals surface area contributed by atoms with Crippen molar-refractivity contribution in [3.63, 3.8) is 0 Å². The summed E-state index contributed by atoms with van der Waals surface area (Å²) >= 11 is 0. The minimum atomic E-state index is -3.41. The molecular formula is C25H34FN5O2S. The van der Waals surface area contributed by atoms with Gasteiger partial charge in [0.25, 0.3) is 0 Å². The fourth-order valence-corrected chi connectivity index (χ4v) is 6.33. The summed E-state index contributed by atoms with van der Waals surface area (Å²) in [4.78, 5) is 14.0. The third-order valence-corrected chi connectivity index (χ3v) is 8.50. The van der Waals surface area contributed by atoms with E-state index in [2.05, 4.69) is 24.6 Å². The summed E-state index contributed by atoms with van der Waals surface area (Å²) in [6.07, 6.45) is 7.30. The highest BCUT2D eigenvalue weighted by atomic mass is 32.2. The number of nitrogens with zero attached hydrogens (tertiary/aromatic N) is 3. The van der Waals surface area contributed by atoms with Crippen LogP contribution in [0.2, 0.25) is 0 Å². The number of anilines is 1. The van der Waals surface area contributed by atoms with E-state index in [4.69, 9.17) is 0 Å². The third-order valence-electron chi connectivity index (χ3n) is 6.95. The standard InChI is InChI=1S/C25H34FN5O2S/c1-17(2)20-7-6-19(23(26)14-20)10-13-30-34(32,33)15-18-4-8-21(9-5-18)31(3)25-22-11-12-27-24(22)28-16-29-25/h6-7,11-12,14,16-18,21,30H,4-5,8-10,13,15H2,1-3H3,(H,27,28,29)/t18-,21-. The van der Waals surface area contributed by atoms with Crippen molar-refractivity contribution in [2.45, 2.75) is 57.9 Å². The molecule has 184 valence electrons. The molecule has 0 spiro atoms. The molecule has 34 heavy (non-hydrogen) atoms. The first-order chi connectivity index (χ1) is 16.2. The van der Waals surface area contributed by atoms with Crippen LogP contribution in [0, 0.1) is 11.7 Å². The summed E-state index contributed by atoms with van der Waals surface area (Å²) in [6, 6.07) is 7.52. The van der Waals surface area contributed by atoms with E-state index in [0.717, 1.165) is 48.1 Å². The van der Waals surface area contributed by atoms with Gasteiger partial charge in [0, 0.05) is 25.8 Å². The van der Waals surface area contributed by atoms with Crippen LogP contribution in [0.25, 0.3) is 11.0 Å². The van der Waals surface area contributed by atoms with Gasteiger partial charge in [-0.3, -0.25) is 0 Å². The van der Waals surface area contributed by atoms with E-state index < -0.39 is 10.0 Å². The summed E-state index contributed by atoms with van der Waals surface area (Å²) in [5.41, 5.74) is 2.30. The Kier molecular flexibility index (Phi) is 7.52. The van der Waals surface area contributed by atoms with Gasteiger partial charge in [0.1, 0.15) is 23.6 Å². The Labute approximate surface area is 201 Å². The van der Waals surface area contributed by atoms with E-state index in [1.54, 1.807) is 18.5 Å². The number of hydrogen-bond acceptors (Lipinski definition) is 5. The minimum absolute atomic E-state index is 0.119. The van der Waals surface area contributed by atoms with Crippen molar-refractivity contribution < 1.29 is 12.8 Å². The van der Waals surface area contributed by atoms with Crippen molar-refractivity contribution in [3.05, 3.63) is 53.7 Å². The van der Waals surface area contributed by atoms with Gasteiger partial charge in [-0.1, -0.05) is 26.0 Å². The number of fused-ring (bicyclic) bond motifs is 1. The van der Waals surface area contributed by atoms with Crippen LogP contribution in [-0.2, 0) is 16.4 Å². The monoisotopic (exact) mass is 487 g/mol. The van der Waals surface area contributed by atoms with Gasteiger partial charge < -0.3 is 9.88 Å². The van der Waals surface area contributed by atoms with E-state index in [-0.39, 0.29) is 30.0 Å². The zero-order valence-corrected chi connectivity index (χ0v) is 20.9. The first kappa shape index (κ1) is 24.6. The molecule has 0 saturated heterocycles. The number of nitrogens with one attached hydrogen (secondary N) is 2. The van der Waals surface area contributed by atoms with Crippen LogP contribution in [0.15, 0.2) is 36.8 Å². The Bertz CT molecular complexity index is 1220. The van der Waals surface area contributed by atoms with Crippen molar-refractivity contribution in [1.29, 1.82) is 0 Å². The number of aromatic amines is 1. The first-order valence-corrected chi connectivity index (χ1v) is 13.7. The highest BCUT2D eigenvalue weighted by Crippen LogP contribution is 2.32. The van der Waals surface area contributed by atoms with Gasteiger partial charge in [0.15, 0.2) is 0 Å². The zero-order chi connectivity index (χ0) is 24.3. The van der Waals surface area contributed by atoms with Crippen molar-refractivity contribution in [2.24, 2.45) is 5.92 Å². The van der Waals surface area contributed by atoms with E-state index in [1.807, 2.05) is 39.2 Å². The van der Waals surface area contributed by atoms with Gasteiger partial charge in [-0.25, -0.2) is 27.5 Å². The SMILES string of the molecule is CC(C)c1ccc(CCNS(=O)(=O)C[C@H]2CC[C@H](N(C)c3ncnc4[nH]ccc34)CC2)c(F)c1. The molecule has 1 aromatic carbocycles. The van der Waals surface area contributed by atoms with Gasteiger partial charge >= 0.3 is 0 Å². The molecule has 0 aliphatic heterocycles. The number of hydrogen-bond donors (Lipinski definition) is 2. The fraction of sp³-hybridized carbons (Fsp3) is 0.520. The molecule has 0 unspecified atom stereocenters. The van der Waals surface area contributed by atoms with Crippen LogP contribution in [0.3, 0.4) is 0 Å². The molecule has 1 saturated carbocycles. The third kappa shape index (κ3) is 5.75. The molecule has 0 amide bonds. The Morgan fingerprint density at radius 3 is 2.65 bits per heavy atom. The number of sulfonamides is 1. The molecule has 2 N–H and O–H groups in total. The normalized spacial score (nSPS) is 19.1. The van der Waals surface area contributed by atoms with E-state index in [0.29, 0.717) is 18.0 Å². The van der Waals surface area contributed by atoms with Crippen molar-refractivity contribution in [1.82, 2.24) is 19.7 Å². The number of benzene rings is 1. The predicted octanol–water partition coefficient (Wildman–Crippen LogP) is 4.38.